The summed E-state index contributed by atoms with van der Waals surface area (Å²) in [5, 5.41) is 23.6. The number of methoxy groups -OCH3 is 1. The van der Waals surface area contributed by atoms with Crippen molar-refractivity contribution in [3.8, 4) is 17.2 Å². The van der Waals surface area contributed by atoms with Gasteiger partial charge in [-0.25, -0.2) is 4.99 Å². The van der Waals surface area contributed by atoms with Gasteiger partial charge in [0.1, 0.15) is 0 Å². The first-order valence-electron chi connectivity index (χ1n) is 9.65. The van der Waals surface area contributed by atoms with E-state index < -0.39 is 0 Å². The molecule has 1 aliphatic heterocycles. The number of thioether (sulfide) groups is 1. The molecule has 1 aliphatic carbocycles. The molecule has 1 fully saturated rings. The van der Waals surface area contributed by atoms with Crippen LogP contribution in [0, 0.1) is 0 Å². The van der Waals surface area contributed by atoms with Crippen LogP contribution in [0.5, 0.6) is 17.2 Å². The minimum Gasteiger partial charge on any atom is -0.504 e. The average molecular weight is 404 g/mol. The van der Waals surface area contributed by atoms with E-state index in [1.807, 2.05) is 11.6 Å². The molecule has 2 heterocycles. The predicted octanol–water partition coefficient (Wildman–Crippen LogP) is 4.38. The molecule has 8 heteroatoms. The van der Waals surface area contributed by atoms with Crippen LogP contribution in [-0.4, -0.2) is 32.1 Å². The highest BCUT2D eigenvalue weighted by Crippen LogP contribution is 2.48. The number of aromatic nitrogens is 2. The van der Waals surface area contributed by atoms with Crippen LogP contribution in [0.1, 0.15) is 67.9 Å². The molecule has 0 radical (unpaired) electrons. The van der Waals surface area contributed by atoms with Crippen molar-refractivity contribution in [3.05, 3.63) is 33.6 Å². The molecule has 2 aliphatic rings. The number of H-pyrrole nitrogens is 1. The Bertz CT molecular complexity index is 971. The fourth-order valence-corrected chi connectivity index (χ4v) is 5.23. The highest BCUT2D eigenvalue weighted by Gasteiger charge is 2.33. The van der Waals surface area contributed by atoms with E-state index in [0.717, 1.165) is 30.7 Å². The van der Waals surface area contributed by atoms with Gasteiger partial charge in [0, 0.05) is 0 Å². The van der Waals surface area contributed by atoms with Gasteiger partial charge in [0.15, 0.2) is 17.3 Å². The summed E-state index contributed by atoms with van der Waals surface area (Å²) in [7, 11) is 1.43. The third-order valence-corrected chi connectivity index (χ3v) is 6.72. The fourth-order valence-electron chi connectivity index (χ4n) is 4.15. The Morgan fingerprint density at radius 3 is 2.61 bits per heavy atom. The number of aliphatic imine (C=N–C) groups is 1. The summed E-state index contributed by atoms with van der Waals surface area (Å²) in [5.74, 6) is 0.292. The minimum absolute atomic E-state index is 0.153. The number of aromatic amines is 1. The molecule has 28 heavy (non-hydrogen) atoms. The number of phenols is 2. The van der Waals surface area contributed by atoms with Gasteiger partial charge in [-0.1, -0.05) is 37.4 Å². The summed E-state index contributed by atoms with van der Waals surface area (Å²) >= 11 is 1.46. The van der Waals surface area contributed by atoms with E-state index in [1.165, 1.54) is 37.8 Å². The number of hydrogen-bond donors (Lipinski definition) is 3. The normalized spacial score (nSPS) is 20.4. The first-order valence-corrected chi connectivity index (χ1v) is 10.5. The van der Waals surface area contributed by atoms with Gasteiger partial charge in [0.25, 0.3) is 5.56 Å². The lowest BCUT2D eigenvalue weighted by atomic mass is 10.0. The topological polar surface area (TPSA) is 99.8 Å². The molecular formula is C20H25N3O4S. The molecule has 150 valence electrons. The van der Waals surface area contributed by atoms with Gasteiger partial charge < -0.3 is 14.9 Å². The first kappa shape index (κ1) is 19.0. The van der Waals surface area contributed by atoms with E-state index in [4.69, 9.17) is 9.73 Å². The summed E-state index contributed by atoms with van der Waals surface area (Å²) in [6.07, 6.45) is 6.86. The SMILES string of the molecule is COc1cc(C2SC(C)=Nc3c2c(=O)[nH]n3C2CCCCCC2)cc(O)c1O. The van der Waals surface area contributed by atoms with Crippen LogP contribution >= 0.6 is 11.8 Å². The smallest absolute Gasteiger partial charge is 0.271 e. The number of fused-ring (bicyclic) bond motifs is 1. The zero-order valence-corrected chi connectivity index (χ0v) is 16.9. The summed E-state index contributed by atoms with van der Waals surface area (Å²) in [4.78, 5) is 17.6. The Balaban J connectivity index is 1.82. The van der Waals surface area contributed by atoms with Gasteiger partial charge in [-0.05, 0) is 37.5 Å². The summed E-state index contributed by atoms with van der Waals surface area (Å²) in [6.45, 7) is 1.92. The maximum atomic E-state index is 12.9. The van der Waals surface area contributed by atoms with Crippen molar-refractivity contribution < 1.29 is 14.9 Å². The summed E-state index contributed by atoms with van der Waals surface area (Å²) < 4.78 is 7.13. The molecular weight excluding hydrogens is 378 g/mol. The second-order valence-electron chi connectivity index (χ2n) is 7.41. The van der Waals surface area contributed by atoms with Crippen LogP contribution in [0.25, 0.3) is 0 Å². The number of nitrogens with zero attached hydrogens (tertiary/aromatic N) is 2. The Morgan fingerprint density at radius 2 is 1.93 bits per heavy atom. The zero-order chi connectivity index (χ0) is 19.8. The van der Waals surface area contributed by atoms with Crippen LogP contribution in [0.15, 0.2) is 21.9 Å². The quantitative estimate of drug-likeness (QED) is 0.522. The summed E-state index contributed by atoms with van der Waals surface area (Å²) in [5.41, 5.74) is 1.13. The standard InChI is InChI=1S/C20H25N3O4S/c1-11-21-19-16(20(26)22-23(19)13-7-5-3-4-6-8-13)18(28-11)12-9-14(24)17(25)15(10-12)27-2/h9-10,13,18,24-25H,3-8H2,1-2H3,(H,22,26). The number of benzene rings is 1. The van der Waals surface area contributed by atoms with Crippen molar-refractivity contribution in [2.75, 3.05) is 7.11 Å². The van der Waals surface area contributed by atoms with Crippen LogP contribution < -0.4 is 10.3 Å². The van der Waals surface area contributed by atoms with E-state index in [2.05, 4.69) is 5.10 Å². The average Bonchev–Trinajstić information content (AvgIpc) is 2.86. The highest BCUT2D eigenvalue weighted by atomic mass is 32.2. The molecule has 1 aromatic carbocycles. The van der Waals surface area contributed by atoms with Crippen molar-refractivity contribution in [3.63, 3.8) is 0 Å². The monoisotopic (exact) mass is 403 g/mol. The Morgan fingerprint density at radius 1 is 1.21 bits per heavy atom. The largest absolute Gasteiger partial charge is 0.504 e. The lowest BCUT2D eigenvalue weighted by molar-refractivity contribution is 0.350. The number of rotatable bonds is 3. The van der Waals surface area contributed by atoms with E-state index in [0.29, 0.717) is 16.9 Å². The maximum Gasteiger partial charge on any atom is 0.271 e. The molecule has 0 bridgehead atoms. The molecule has 0 amide bonds. The number of aromatic hydroxyl groups is 2. The molecule has 1 aromatic heterocycles. The third kappa shape index (κ3) is 3.30. The van der Waals surface area contributed by atoms with Crippen molar-refractivity contribution in [2.24, 2.45) is 4.99 Å². The van der Waals surface area contributed by atoms with Crippen LogP contribution in [0.4, 0.5) is 5.82 Å². The lowest BCUT2D eigenvalue weighted by Gasteiger charge is -2.23. The second-order valence-corrected chi connectivity index (χ2v) is 8.71. The molecule has 2 aromatic rings. The molecule has 7 nitrogen and oxygen atoms in total. The lowest BCUT2D eigenvalue weighted by Crippen LogP contribution is -2.14. The molecule has 0 spiro atoms. The summed E-state index contributed by atoms with van der Waals surface area (Å²) in [6, 6.07) is 3.40. The van der Waals surface area contributed by atoms with E-state index in [1.54, 1.807) is 6.07 Å². The maximum absolute atomic E-state index is 12.9. The fraction of sp³-hybridized carbons (Fsp3) is 0.500. The van der Waals surface area contributed by atoms with Crippen molar-refractivity contribution >= 4 is 22.6 Å². The van der Waals surface area contributed by atoms with E-state index >= 15 is 0 Å². The zero-order valence-electron chi connectivity index (χ0n) is 16.1. The number of ether oxygens (including phenoxy) is 1. The van der Waals surface area contributed by atoms with Crippen LogP contribution in [0.2, 0.25) is 0 Å². The van der Waals surface area contributed by atoms with Crippen LogP contribution in [0.3, 0.4) is 0 Å². The van der Waals surface area contributed by atoms with Crippen LogP contribution in [-0.2, 0) is 0 Å². The third-order valence-electron chi connectivity index (χ3n) is 5.54. The van der Waals surface area contributed by atoms with Crippen molar-refractivity contribution in [2.45, 2.75) is 56.7 Å². The van der Waals surface area contributed by atoms with Gasteiger partial charge >= 0.3 is 0 Å². The first-order chi connectivity index (χ1) is 13.5. The van der Waals surface area contributed by atoms with Crippen molar-refractivity contribution in [1.29, 1.82) is 0 Å². The number of hydrogen-bond acceptors (Lipinski definition) is 6. The molecule has 4 rings (SSSR count). The van der Waals surface area contributed by atoms with Gasteiger partial charge in [-0.2, -0.15) is 0 Å². The Hall–Kier alpha value is -2.35. The molecule has 3 N–H and O–H groups in total. The Labute approximate surface area is 167 Å². The molecule has 1 saturated carbocycles. The van der Waals surface area contributed by atoms with Crippen molar-refractivity contribution in [1.82, 2.24) is 9.78 Å². The van der Waals surface area contributed by atoms with Gasteiger partial charge in [-0.3, -0.25) is 14.6 Å². The van der Waals surface area contributed by atoms with E-state index in [9.17, 15) is 15.0 Å². The Kier molecular flexibility index (Phi) is 5.14. The minimum atomic E-state index is -0.330. The van der Waals surface area contributed by atoms with Gasteiger partial charge in [-0.15, -0.1) is 0 Å². The highest BCUT2D eigenvalue weighted by molar-refractivity contribution is 8.14. The number of nitrogens with one attached hydrogen (secondary N) is 1. The van der Waals surface area contributed by atoms with Gasteiger partial charge in [0.2, 0.25) is 5.75 Å². The van der Waals surface area contributed by atoms with E-state index in [-0.39, 0.29) is 34.1 Å². The molecule has 0 saturated heterocycles. The molecule has 1 unspecified atom stereocenters. The number of phenolic OH excluding ortho intramolecular Hbond substituents is 2. The van der Waals surface area contributed by atoms with Gasteiger partial charge in [0.05, 0.1) is 29.0 Å². The predicted molar refractivity (Wildman–Crippen MR) is 110 cm³/mol. The second kappa shape index (κ2) is 7.58. The molecule has 1 atom stereocenters.